The molecule has 1 aliphatic rings. The van der Waals surface area contributed by atoms with Crippen LogP contribution in [-0.2, 0) is 6.42 Å². The predicted octanol–water partition coefficient (Wildman–Crippen LogP) is 2.87. The summed E-state index contributed by atoms with van der Waals surface area (Å²) in [6, 6.07) is 3.89. The number of rotatable bonds is 2. The number of hydrogen-bond acceptors (Lipinski definition) is 2. The number of aromatic nitrogens is 2. The van der Waals surface area contributed by atoms with E-state index in [0.717, 1.165) is 28.7 Å². The average molecular weight is 264 g/mol. The number of nitrogens with zero attached hydrogens (tertiary/aromatic N) is 3. The first-order valence-corrected chi connectivity index (χ1v) is 6.90. The van der Waals surface area contributed by atoms with Crippen molar-refractivity contribution in [1.82, 2.24) is 14.3 Å². The minimum Gasteiger partial charge on any atom is -0.306 e. The third-order valence-corrected chi connectivity index (χ3v) is 4.00. The lowest BCUT2D eigenvalue weighted by atomic mass is 9.95. The Morgan fingerprint density at radius 1 is 1.50 bits per heavy atom. The summed E-state index contributed by atoms with van der Waals surface area (Å²) in [6.45, 7) is 2.41. The Morgan fingerprint density at radius 3 is 3.22 bits per heavy atom. The van der Waals surface area contributed by atoms with E-state index in [1.54, 1.807) is 0 Å². The zero-order valence-electron chi connectivity index (χ0n) is 10.6. The van der Waals surface area contributed by atoms with Gasteiger partial charge in [-0.3, -0.25) is 0 Å². The SMILES string of the molecule is CN1CCCC(Cc2ncc3cc(Cl)ccn23)C1. The van der Waals surface area contributed by atoms with E-state index < -0.39 is 0 Å². The molecule has 0 bridgehead atoms. The molecule has 18 heavy (non-hydrogen) atoms. The molecule has 96 valence electrons. The van der Waals surface area contributed by atoms with Crippen molar-refractivity contribution in [2.75, 3.05) is 20.1 Å². The van der Waals surface area contributed by atoms with Crippen molar-refractivity contribution in [1.29, 1.82) is 0 Å². The first-order valence-electron chi connectivity index (χ1n) is 6.52. The third-order valence-electron chi connectivity index (χ3n) is 3.76. The Morgan fingerprint density at radius 2 is 2.39 bits per heavy atom. The minimum absolute atomic E-state index is 0.727. The molecule has 0 radical (unpaired) electrons. The molecule has 0 amide bonds. The molecule has 0 spiro atoms. The van der Waals surface area contributed by atoms with E-state index in [2.05, 4.69) is 21.3 Å². The van der Waals surface area contributed by atoms with Crippen LogP contribution < -0.4 is 0 Å². The molecule has 1 aliphatic heterocycles. The van der Waals surface area contributed by atoms with Gasteiger partial charge in [-0.25, -0.2) is 4.98 Å². The van der Waals surface area contributed by atoms with Gasteiger partial charge in [0.05, 0.1) is 11.7 Å². The van der Waals surface area contributed by atoms with E-state index in [0.29, 0.717) is 0 Å². The maximum atomic E-state index is 5.99. The number of fused-ring (bicyclic) bond motifs is 1. The van der Waals surface area contributed by atoms with Crippen LogP contribution in [0.2, 0.25) is 5.02 Å². The maximum Gasteiger partial charge on any atom is 0.113 e. The molecular formula is C14H18ClN3. The fourth-order valence-corrected chi connectivity index (χ4v) is 3.05. The lowest BCUT2D eigenvalue weighted by molar-refractivity contribution is 0.207. The van der Waals surface area contributed by atoms with Gasteiger partial charge in [0.1, 0.15) is 5.82 Å². The summed E-state index contributed by atoms with van der Waals surface area (Å²) in [5.41, 5.74) is 1.08. The summed E-state index contributed by atoms with van der Waals surface area (Å²) >= 11 is 5.99. The Hall–Kier alpha value is -1.06. The van der Waals surface area contributed by atoms with Crippen LogP contribution in [0.1, 0.15) is 18.7 Å². The number of hydrogen-bond donors (Lipinski definition) is 0. The van der Waals surface area contributed by atoms with Crippen LogP contribution in [0, 0.1) is 5.92 Å². The first-order chi connectivity index (χ1) is 8.72. The van der Waals surface area contributed by atoms with E-state index >= 15 is 0 Å². The van der Waals surface area contributed by atoms with Crippen LogP contribution in [0.5, 0.6) is 0 Å². The fourth-order valence-electron chi connectivity index (χ4n) is 2.88. The summed E-state index contributed by atoms with van der Waals surface area (Å²) in [5, 5.41) is 0.770. The summed E-state index contributed by atoms with van der Waals surface area (Å²) in [5.74, 6) is 1.88. The van der Waals surface area contributed by atoms with Gasteiger partial charge < -0.3 is 9.30 Å². The van der Waals surface area contributed by atoms with Crippen molar-refractivity contribution in [2.45, 2.75) is 19.3 Å². The average Bonchev–Trinajstić information content (AvgIpc) is 2.72. The van der Waals surface area contributed by atoms with Crippen molar-refractivity contribution < 1.29 is 0 Å². The molecular weight excluding hydrogens is 246 g/mol. The predicted molar refractivity (Wildman–Crippen MR) is 74.1 cm³/mol. The molecule has 2 aromatic heterocycles. The molecule has 0 N–H and O–H groups in total. The van der Waals surface area contributed by atoms with Gasteiger partial charge >= 0.3 is 0 Å². The van der Waals surface area contributed by atoms with Gasteiger partial charge in [0.15, 0.2) is 0 Å². The highest BCUT2D eigenvalue weighted by Crippen LogP contribution is 2.21. The monoisotopic (exact) mass is 263 g/mol. The van der Waals surface area contributed by atoms with Gasteiger partial charge in [0, 0.05) is 24.2 Å². The van der Waals surface area contributed by atoms with Gasteiger partial charge in [-0.05, 0) is 44.5 Å². The Balaban J connectivity index is 1.82. The molecule has 3 heterocycles. The quantitative estimate of drug-likeness (QED) is 0.831. The van der Waals surface area contributed by atoms with Crippen LogP contribution in [0.3, 0.4) is 0 Å². The summed E-state index contributed by atoms with van der Waals surface area (Å²) in [7, 11) is 2.20. The number of halogens is 1. The van der Waals surface area contributed by atoms with Crippen LogP contribution in [0.4, 0.5) is 0 Å². The lowest BCUT2D eigenvalue weighted by Crippen LogP contribution is -2.33. The normalized spacial score (nSPS) is 21.6. The minimum atomic E-state index is 0.727. The Bertz CT molecular complexity index is 549. The lowest BCUT2D eigenvalue weighted by Gasteiger charge is -2.29. The highest BCUT2D eigenvalue weighted by Gasteiger charge is 2.19. The van der Waals surface area contributed by atoms with Crippen molar-refractivity contribution in [3.8, 4) is 0 Å². The van der Waals surface area contributed by atoms with Gasteiger partial charge in [-0.2, -0.15) is 0 Å². The molecule has 3 rings (SSSR count). The number of piperidine rings is 1. The van der Waals surface area contributed by atoms with Crippen LogP contribution in [-0.4, -0.2) is 34.4 Å². The van der Waals surface area contributed by atoms with Crippen LogP contribution in [0.25, 0.3) is 5.52 Å². The molecule has 0 aromatic carbocycles. The standard InChI is InChI=1S/C14H18ClN3/c1-17-5-2-3-11(10-17)7-14-16-9-13-8-12(15)4-6-18(13)14/h4,6,8-9,11H,2-3,5,7,10H2,1H3. The van der Waals surface area contributed by atoms with Crippen LogP contribution >= 0.6 is 11.6 Å². The topological polar surface area (TPSA) is 20.5 Å². The van der Waals surface area contributed by atoms with E-state index in [-0.39, 0.29) is 0 Å². The fraction of sp³-hybridized carbons (Fsp3) is 0.500. The molecule has 1 unspecified atom stereocenters. The van der Waals surface area contributed by atoms with Crippen molar-refractivity contribution in [3.05, 3.63) is 35.4 Å². The maximum absolute atomic E-state index is 5.99. The van der Waals surface area contributed by atoms with E-state index in [1.165, 1.54) is 25.9 Å². The second-order valence-electron chi connectivity index (χ2n) is 5.29. The number of imidazole rings is 1. The summed E-state index contributed by atoms with van der Waals surface area (Å²) in [6.07, 6.45) is 7.60. The van der Waals surface area contributed by atoms with Gasteiger partial charge in [-0.1, -0.05) is 11.6 Å². The van der Waals surface area contributed by atoms with Gasteiger partial charge in [0.2, 0.25) is 0 Å². The van der Waals surface area contributed by atoms with E-state index in [1.807, 2.05) is 24.5 Å². The third kappa shape index (κ3) is 2.38. The highest BCUT2D eigenvalue weighted by molar-refractivity contribution is 6.30. The second-order valence-corrected chi connectivity index (χ2v) is 5.73. The zero-order chi connectivity index (χ0) is 12.5. The highest BCUT2D eigenvalue weighted by atomic mass is 35.5. The number of likely N-dealkylation sites (tertiary alicyclic amines) is 1. The van der Waals surface area contributed by atoms with Crippen LogP contribution in [0.15, 0.2) is 24.5 Å². The Kier molecular flexibility index (Phi) is 3.27. The molecule has 3 nitrogen and oxygen atoms in total. The number of pyridine rings is 1. The van der Waals surface area contributed by atoms with Gasteiger partial charge in [-0.15, -0.1) is 0 Å². The molecule has 4 heteroatoms. The molecule has 1 saturated heterocycles. The largest absolute Gasteiger partial charge is 0.306 e. The molecule has 1 atom stereocenters. The zero-order valence-corrected chi connectivity index (χ0v) is 11.4. The summed E-state index contributed by atoms with van der Waals surface area (Å²) in [4.78, 5) is 6.96. The second kappa shape index (κ2) is 4.90. The van der Waals surface area contributed by atoms with E-state index in [9.17, 15) is 0 Å². The molecule has 2 aromatic rings. The molecule has 1 fully saturated rings. The summed E-state index contributed by atoms with van der Waals surface area (Å²) < 4.78 is 2.15. The first kappa shape index (κ1) is 12.0. The molecule has 0 saturated carbocycles. The van der Waals surface area contributed by atoms with E-state index in [4.69, 9.17) is 11.6 Å². The smallest absolute Gasteiger partial charge is 0.113 e. The molecule has 0 aliphatic carbocycles. The van der Waals surface area contributed by atoms with Gasteiger partial charge in [0.25, 0.3) is 0 Å². The van der Waals surface area contributed by atoms with Crippen molar-refractivity contribution >= 4 is 17.1 Å². The van der Waals surface area contributed by atoms with Crippen molar-refractivity contribution in [3.63, 3.8) is 0 Å². The Labute approximate surface area is 112 Å². The van der Waals surface area contributed by atoms with Crippen molar-refractivity contribution in [2.24, 2.45) is 5.92 Å².